The van der Waals surface area contributed by atoms with E-state index in [1.165, 1.54) is 29.6 Å². The van der Waals surface area contributed by atoms with E-state index >= 15 is 0 Å². The number of rotatable bonds is 9. The van der Waals surface area contributed by atoms with Crippen LogP contribution in [0, 0.1) is 12.3 Å². The minimum atomic E-state index is -0.433. The second kappa shape index (κ2) is 15.8. The summed E-state index contributed by atoms with van der Waals surface area (Å²) >= 11 is 3.04. The third kappa shape index (κ3) is 9.35. The van der Waals surface area contributed by atoms with Crippen LogP contribution >= 0.6 is 22.7 Å². The van der Waals surface area contributed by atoms with Gasteiger partial charge in [-0.1, -0.05) is 48.4 Å². The number of hydrogen-bond donors (Lipinski definition) is 0. The van der Waals surface area contributed by atoms with E-state index < -0.39 is 6.04 Å². The summed E-state index contributed by atoms with van der Waals surface area (Å²) in [4.78, 5) is 49.3. The Morgan fingerprint density at radius 2 is 1.80 bits per heavy atom. The van der Waals surface area contributed by atoms with E-state index in [0.717, 1.165) is 38.1 Å². The Hall–Kier alpha value is -4.33. The predicted octanol–water partition coefficient (Wildman–Crippen LogP) is 7.20. The Morgan fingerprint density at radius 3 is 2.39 bits per heavy atom. The molecule has 10 heteroatoms. The quantitative estimate of drug-likeness (QED) is 0.139. The number of terminal acetylenes is 1. The first-order chi connectivity index (χ1) is 22.0. The maximum Gasteiger partial charge on any atom is 0.303 e. The van der Waals surface area contributed by atoms with Gasteiger partial charge in [-0.2, -0.15) is 0 Å². The van der Waals surface area contributed by atoms with Gasteiger partial charge in [-0.05, 0) is 58.2 Å². The molecule has 1 amide bonds. The normalized spacial score (nSPS) is 14.9. The fraction of sp³-hybridized carbons (Fsp3) is 0.361. The highest BCUT2D eigenvalue weighted by Crippen LogP contribution is 2.36. The number of likely N-dealkylation sites (tertiary alicyclic amines) is 1. The summed E-state index contributed by atoms with van der Waals surface area (Å²) in [5.74, 6) is 2.53. The molecule has 4 aromatic rings. The molecule has 1 aliphatic heterocycles. The van der Waals surface area contributed by atoms with Crippen LogP contribution in [0.1, 0.15) is 63.8 Å². The number of aromatic nitrogens is 2. The summed E-state index contributed by atoms with van der Waals surface area (Å²) in [6.07, 6.45) is 8.73. The largest absolute Gasteiger partial charge is 0.481 e. The molecule has 1 saturated heterocycles. The highest BCUT2D eigenvalue weighted by Gasteiger charge is 2.36. The van der Waals surface area contributed by atoms with Gasteiger partial charge in [0, 0.05) is 41.9 Å². The number of ketones is 1. The monoisotopic (exact) mass is 657 g/mol. The second-order valence-electron chi connectivity index (χ2n) is 11.8. The summed E-state index contributed by atoms with van der Waals surface area (Å²) in [5.41, 5.74) is 2.33. The molecule has 0 radical (unpaired) electrons. The first kappa shape index (κ1) is 34.5. The maximum absolute atomic E-state index is 13.7. The van der Waals surface area contributed by atoms with Gasteiger partial charge in [-0.15, -0.1) is 29.1 Å². The van der Waals surface area contributed by atoms with Crippen LogP contribution in [0.15, 0.2) is 66.2 Å². The van der Waals surface area contributed by atoms with E-state index in [1.54, 1.807) is 11.1 Å². The molecule has 5 rings (SSSR count). The van der Waals surface area contributed by atoms with E-state index in [-0.39, 0.29) is 42.2 Å². The van der Waals surface area contributed by atoms with E-state index in [1.807, 2.05) is 87.7 Å². The van der Waals surface area contributed by atoms with Gasteiger partial charge in [0.2, 0.25) is 5.91 Å². The van der Waals surface area contributed by atoms with Crippen LogP contribution in [0.25, 0.3) is 21.3 Å². The number of Topliss-reactive ketones (excluding diaryl/α,β-unsaturated/α-hetero) is 1. The number of thiazole rings is 2. The van der Waals surface area contributed by atoms with E-state index in [2.05, 4.69) is 10.9 Å². The van der Waals surface area contributed by atoms with Crippen molar-refractivity contribution in [1.82, 2.24) is 14.9 Å². The number of ether oxygens (including phenoxy) is 2. The van der Waals surface area contributed by atoms with Crippen LogP contribution in [0.5, 0.6) is 5.75 Å². The topological polar surface area (TPSA) is 98.7 Å². The van der Waals surface area contributed by atoms with Crippen molar-refractivity contribution in [1.29, 1.82) is 0 Å². The lowest BCUT2D eigenvalue weighted by molar-refractivity contribution is -0.151. The molecule has 1 aliphatic rings. The molecule has 0 aliphatic carbocycles. The van der Waals surface area contributed by atoms with E-state index in [4.69, 9.17) is 20.9 Å². The van der Waals surface area contributed by atoms with Crippen LogP contribution in [0.3, 0.4) is 0 Å². The standard InChI is InChI=1S/C30H27N3O3S2.C6H12O2/c1-3-17-36-23-13-11-21(12-14-23)20(2)30(35)33-16-7-10-24(33)25(34)19-26-27(22-8-5-4-6-9-22)32-29(38-26)28-31-15-18-37-28;1-5(7)8-6(2,3)4/h1,4-6,8-9,11-15,18,20,24H,7,10,16-17,19H2,2H3;1-4H3/t20-,24-;/m0./s1. The smallest absolute Gasteiger partial charge is 0.303 e. The number of esters is 1. The van der Waals surface area contributed by atoms with Gasteiger partial charge in [0.05, 0.1) is 17.7 Å². The van der Waals surface area contributed by atoms with Gasteiger partial charge in [-0.25, -0.2) is 9.97 Å². The Morgan fingerprint density at radius 1 is 1.09 bits per heavy atom. The zero-order chi connectivity index (χ0) is 33.3. The van der Waals surface area contributed by atoms with Gasteiger partial charge in [-0.3, -0.25) is 14.4 Å². The number of benzene rings is 2. The van der Waals surface area contributed by atoms with Gasteiger partial charge in [0.25, 0.3) is 0 Å². The highest BCUT2D eigenvalue weighted by molar-refractivity contribution is 7.21. The van der Waals surface area contributed by atoms with Crippen LogP contribution < -0.4 is 4.74 Å². The summed E-state index contributed by atoms with van der Waals surface area (Å²) in [7, 11) is 0. The fourth-order valence-corrected chi connectivity index (χ4v) is 6.93. The molecule has 0 N–H and O–H groups in total. The molecule has 0 spiro atoms. The first-order valence-electron chi connectivity index (χ1n) is 15.1. The Kier molecular flexibility index (Phi) is 11.9. The average molecular weight is 658 g/mol. The lowest BCUT2D eigenvalue weighted by Gasteiger charge is -2.27. The highest BCUT2D eigenvalue weighted by atomic mass is 32.1. The molecule has 2 aromatic carbocycles. The molecule has 1 fully saturated rings. The molecule has 3 heterocycles. The minimum absolute atomic E-state index is 0.0331. The summed E-state index contributed by atoms with van der Waals surface area (Å²) < 4.78 is 10.2. The van der Waals surface area contributed by atoms with E-state index in [0.29, 0.717) is 18.7 Å². The molecule has 0 bridgehead atoms. The Balaban J connectivity index is 0.000000533. The molecule has 240 valence electrons. The second-order valence-corrected chi connectivity index (χ2v) is 13.8. The third-order valence-electron chi connectivity index (χ3n) is 7.12. The predicted molar refractivity (Wildman–Crippen MR) is 183 cm³/mol. The molecule has 46 heavy (non-hydrogen) atoms. The Bertz CT molecular complexity index is 1650. The number of amides is 1. The SMILES string of the molecule is C#CCOc1ccc([C@H](C)C(=O)N2CCC[C@H]2C(=O)Cc2sc(-c3nccs3)nc2-c2ccccc2)cc1.CC(=O)OC(C)(C)C. The van der Waals surface area contributed by atoms with Crippen molar-refractivity contribution in [2.75, 3.05) is 13.2 Å². The van der Waals surface area contributed by atoms with Crippen molar-refractivity contribution in [2.24, 2.45) is 0 Å². The zero-order valence-electron chi connectivity index (χ0n) is 26.8. The summed E-state index contributed by atoms with van der Waals surface area (Å²) in [5, 5.41) is 3.57. The number of hydrogen-bond acceptors (Lipinski definition) is 9. The third-order valence-corrected chi connectivity index (χ3v) is 9.10. The Labute approximate surface area is 278 Å². The molecule has 0 saturated carbocycles. The fourth-order valence-electron chi connectivity index (χ4n) is 5.16. The molecule has 2 aromatic heterocycles. The van der Waals surface area contributed by atoms with Crippen molar-refractivity contribution < 1.29 is 23.9 Å². The first-order valence-corrected chi connectivity index (χ1v) is 16.8. The molecule has 0 unspecified atom stereocenters. The van der Waals surface area contributed by atoms with Crippen molar-refractivity contribution in [3.8, 4) is 39.4 Å². The van der Waals surface area contributed by atoms with Gasteiger partial charge in [0.15, 0.2) is 15.8 Å². The van der Waals surface area contributed by atoms with Crippen molar-refractivity contribution >= 4 is 40.3 Å². The van der Waals surface area contributed by atoms with Crippen LogP contribution in [-0.2, 0) is 25.5 Å². The van der Waals surface area contributed by atoms with Crippen LogP contribution in [0.4, 0.5) is 0 Å². The molecule has 8 nitrogen and oxygen atoms in total. The summed E-state index contributed by atoms with van der Waals surface area (Å²) in [6.45, 7) is 9.60. The maximum atomic E-state index is 13.7. The van der Waals surface area contributed by atoms with Crippen molar-refractivity contribution in [2.45, 2.75) is 71.4 Å². The van der Waals surface area contributed by atoms with Gasteiger partial charge >= 0.3 is 5.97 Å². The van der Waals surface area contributed by atoms with Gasteiger partial charge < -0.3 is 14.4 Å². The lowest BCUT2D eigenvalue weighted by atomic mass is 9.98. The molecular formula is C36H39N3O5S2. The average Bonchev–Trinajstić information content (AvgIpc) is 3.80. The van der Waals surface area contributed by atoms with Crippen LogP contribution in [0.2, 0.25) is 0 Å². The number of carbonyl (C=O) groups is 3. The molecular weight excluding hydrogens is 619 g/mol. The number of nitrogens with zero attached hydrogens (tertiary/aromatic N) is 3. The minimum Gasteiger partial charge on any atom is -0.481 e. The van der Waals surface area contributed by atoms with Crippen molar-refractivity contribution in [3.63, 3.8) is 0 Å². The van der Waals surface area contributed by atoms with Crippen LogP contribution in [-0.4, -0.2) is 57.3 Å². The number of carbonyl (C=O) groups excluding carboxylic acids is 3. The van der Waals surface area contributed by atoms with Crippen molar-refractivity contribution in [3.05, 3.63) is 76.6 Å². The lowest BCUT2D eigenvalue weighted by Crippen LogP contribution is -2.43. The van der Waals surface area contributed by atoms with E-state index in [9.17, 15) is 14.4 Å². The van der Waals surface area contributed by atoms with Gasteiger partial charge in [0.1, 0.15) is 18.0 Å². The molecule has 2 atom stereocenters. The summed E-state index contributed by atoms with van der Waals surface area (Å²) in [6, 6.07) is 16.9. The zero-order valence-corrected chi connectivity index (χ0v) is 28.5.